The molecule has 33 heavy (non-hydrogen) atoms. The van der Waals surface area contributed by atoms with Crippen LogP contribution in [0.2, 0.25) is 0 Å². The molecule has 3 aromatic rings. The summed E-state index contributed by atoms with van der Waals surface area (Å²) in [5, 5.41) is 0. The highest BCUT2D eigenvalue weighted by atomic mass is 19.4. The fourth-order valence-electron chi connectivity index (χ4n) is 4.83. The first-order valence-corrected chi connectivity index (χ1v) is 10.8. The van der Waals surface area contributed by atoms with Gasteiger partial charge < -0.3 is 4.74 Å². The molecule has 0 saturated heterocycles. The van der Waals surface area contributed by atoms with Crippen LogP contribution >= 0.6 is 0 Å². The number of halogens is 3. The lowest BCUT2D eigenvalue weighted by Gasteiger charge is -2.38. The fourth-order valence-corrected chi connectivity index (χ4v) is 4.83. The van der Waals surface area contributed by atoms with Crippen LogP contribution in [0, 0.1) is 0 Å². The van der Waals surface area contributed by atoms with Crippen molar-refractivity contribution >= 4 is 5.70 Å². The van der Waals surface area contributed by atoms with Gasteiger partial charge in [-0.15, -0.1) is 0 Å². The Morgan fingerprint density at radius 1 is 1.18 bits per heavy atom. The number of benzene rings is 1. The van der Waals surface area contributed by atoms with Gasteiger partial charge in [-0.1, -0.05) is 43.2 Å². The highest BCUT2D eigenvalue weighted by Gasteiger charge is 2.45. The van der Waals surface area contributed by atoms with E-state index in [1.54, 1.807) is 6.07 Å². The van der Waals surface area contributed by atoms with Crippen LogP contribution in [0.4, 0.5) is 13.2 Å². The van der Waals surface area contributed by atoms with Crippen LogP contribution in [0.3, 0.4) is 0 Å². The van der Waals surface area contributed by atoms with Gasteiger partial charge in [-0.2, -0.15) is 13.2 Å². The summed E-state index contributed by atoms with van der Waals surface area (Å²) in [6, 6.07) is 11.8. The van der Waals surface area contributed by atoms with E-state index in [4.69, 9.17) is 9.57 Å². The van der Waals surface area contributed by atoms with Crippen molar-refractivity contribution in [1.82, 2.24) is 20.0 Å². The smallest absolute Gasteiger partial charge is 0.450 e. The molecule has 5 rings (SSSR count). The average molecular weight is 456 g/mol. The Labute approximate surface area is 189 Å². The molecule has 1 N–H and O–H groups in total. The number of hydrogen-bond acceptors (Lipinski definition) is 5. The molecular weight excluding hydrogens is 433 g/mol. The summed E-state index contributed by atoms with van der Waals surface area (Å²) in [5.74, 6) is -0.568. The van der Waals surface area contributed by atoms with Crippen molar-refractivity contribution in [3.8, 4) is 11.6 Å². The number of alkyl halides is 3. The van der Waals surface area contributed by atoms with Gasteiger partial charge in [0.05, 0.1) is 30.3 Å². The van der Waals surface area contributed by atoms with Crippen LogP contribution in [0.25, 0.3) is 11.4 Å². The molecule has 1 fully saturated rings. The highest BCUT2D eigenvalue weighted by molar-refractivity contribution is 5.71. The summed E-state index contributed by atoms with van der Waals surface area (Å²) >= 11 is 0. The number of ether oxygens (including phenoxy) is 1. The van der Waals surface area contributed by atoms with Crippen LogP contribution < -0.4 is 10.2 Å². The molecular formula is C24H23F3N4O2. The minimum absolute atomic E-state index is 0.157. The standard InChI is InChI=1S/C24H23F3N4O2/c1-32-21-18(13-17(15-29-21)31-12-11-28-22(31)24(25,26)27)20-14-23(33-30-20)10-6-5-9-19(23)16-7-3-2-4-8-16/h2-4,7-8,11-15,19,30H,5-6,9-10H2,1H3/t19-,23-/m0/s1. The molecule has 0 bridgehead atoms. The van der Waals surface area contributed by atoms with E-state index in [-0.39, 0.29) is 11.6 Å². The van der Waals surface area contributed by atoms with E-state index in [0.717, 1.165) is 36.4 Å². The quantitative estimate of drug-likeness (QED) is 0.580. The van der Waals surface area contributed by atoms with Crippen molar-refractivity contribution in [3.05, 3.63) is 78.0 Å². The topological polar surface area (TPSA) is 61.2 Å². The van der Waals surface area contributed by atoms with Crippen LogP contribution in [0.5, 0.6) is 5.88 Å². The van der Waals surface area contributed by atoms with E-state index in [1.807, 2.05) is 24.3 Å². The van der Waals surface area contributed by atoms with Gasteiger partial charge in [0.2, 0.25) is 11.7 Å². The van der Waals surface area contributed by atoms with Crippen molar-refractivity contribution < 1.29 is 22.7 Å². The predicted molar refractivity (Wildman–Crippen MR) is 115 cm³/mol. The summed E-state index contributed by atoms with van der Waals surface area (Å²) in [6.07, 6.45) is 5.09. The average Bonchev–Trinajstić information content (AvgIpc) is 3.48. The SMILES string of the molecule is COc1ncc(-n2ccnc2C(F)(F)F)cc1C1=C[C@]2(CCCC[C@H]2c2ccccc2)ON1. The van der Waals surface area contributed by atoms with E-state index in [0.29, 0.717) is 17.1 Å². The molecule has 1 aliphatic carbocycles. The maximum Gasteiger partial charge on any atom is 0.450 e. The molecule has 1 aliphatic heterocycles. The predicted octanol–water partition coefficient (Wildman–Crippen LogP) is 5.27. The number of aromatic nitrogens is 3. The minimum Gasteiger partial charge on any atom is -0.481 e. The molecule has 172 valence electrons. The Morgan fingerprint density at radius 3 is 2.76 bits per heavy atom. The molecule has 1 saturated carbocycles. The molecule has 0 unspecified atom stereocenters. The van der Waals surface area contributed by atoms with Crippen LogP contribution in [0.15, 0.2) is 61.1 Å². The molecule has 1 aromatic carbocycles. The van der Waals surface area contributed by atoms with Gasteiger partial charge in [0.25, 0.3) is 0 Å². The van der Waals surface area contributed by atoms with Crippen molar-refractivity contribution in [3.63, 3.8) is 0 Å². The molecule has 2 aliphatic rings. The summed E-state index contributed by atoms with van der Waals surface area (Å²) in [6.45, 7) is 0. The zero-order chi connectivity index (χ0) is 23.1. The van der Waals surface area contributed by atoms with Crippen molar-refractivity contribution in [1.29, 1.82) is 0 Å². The number of methoxy groups -OCH3 is 1. The number of hydroxylamine groups is 1. The van der Waals surface area contributed by atoms with E-state index < -0.39 is 17.6 Å². The lowest BCUT2D eigenvalue weighted by molar-refractivity contribution is -0.145. The zero-order valence-electron chi connectivity index (χ0n) is 18.0. The third-order valence-corrected chi connectivity index (χ3v) is 6.33. The van der Waals surface area contributed by atoms with Crippen molar-refractivity contribution in [2.24, 2.45) is 0 Å². The van der Waals surface area contributed by atoms with Gasteiger partial charge >= 0.3 is 6.18 Å². The summed E-state index contributed by atoms with van der Waals surface area (Å²) < 4.78 is 46.5. The second-order valence-corrected chi connectivity index (χ2v) is 8.30. The van der Waals surface area contributed by atoms with Gasteiger partial charge in [-0.3, -0.25) is 14.9 Å². The van der Waals surface area contributed by atoms with Crippen LogP contribution in [-0.2, 0) is 11.0 Å². The second-order valence-electron chi connectivity index (χ2n) is 8.30. The number of pyridine rings is 1. The molecule has 0 amide bonds. The Kier molecular flexibility index (Phi) is 5.36. The molecule has 2 aromatic heterocycles. The number of nitrogens with zero attached hydrogens (tertiary/aromatic N) is 3. The second kappa shape index (κ2) is 8.22. The maximum absolute atomic E-state index is 13.4. The normalized spacial score (nSPS) is 22.8. The Hall–Kier alpha value is -3.33. The third-order valence-electron chi connectivity index (χ3n) is 6.33. The van der Waals surface area contributed by atoms with E-state index in [1.165, 1.54) is 25.1 Å². The van der Waals surface area contributed by atoms with Gasteiger partial charge in [0.1, 0.15) is 5.60 Å². The van der Waals surface area contributed by atoms with E-state index >= 15 is 0 Å². The summed E-state index contributed by atoms with van der Waals surface area (Å²) in [7, 11) is 1.48. The molecule has 1 spiro atoms. The molecule has 6 nitrogen and oxygen atoms in total. The first-order chi connectivity index (χ1) is 15.9. The van der Waals surface area contributed by atoms with E-state index in [9.17, 15) is 13.2 Å². The lowest BCUT2D eigenvalue weighted by atomic mass is 9.71. The zero-order valence-corrected chi connectivity index (χ0v) is 18.0. The first-order valence-electron chi connectivity index (χ1n) is 10.8. The van der Waals surface area contributed by atoms with Gasteiger partial charge in [0.15, 0.2) is 0 Å². The largest absolute Gasteiger partial charge is 0.481 e. The number of rotatable bonds is 4. The third kappa shape index (κ3) is 3.86. The van der Waals surface area contributed by atoms with Crippen LogP contribution in [0.1, 0.15) is 48.6 Å². The first kappa shape index (κ1) is 21.5. The number of imidazole rings is 1. The Morgan fingerprint density at radius 2 is 2.00 bits per heavy atom. The summed E-state index contributed by atoms with van der Waals surface area (Å²) in [5.41, 5.74) is 5.03. The number of hydrogen-bond donors (Lipinski definition) is 1. The van der Waals surface area contributed by atoms with Crippen LogP contribution in [-0.4, -0.2) is 27.2 Å². The minimum atomic E-state index is -4.59. The molecule has 3 heterocycles. The molecule has 2 atom stereocenters. The van der Waals surface area contributed by atoms with Gasteiger partial charge in [-0.25, -0.2) is 9.97 Å². The van der Waals surface area contributed by atoms with E-state index in [2.05, 4.69) is 27.6 Å². The van der Waals surface area contributed by atoms with Gasteiger partial charge in [0, 0.05) is 18.3 Å². The Bertz CT molecular complexity index is 1180. The van der Waals surface area contributed by atoms with Crippen molar-refractivity contribution in [2.75, 3.05) is 7.11 Å². The number of nitrogens with one attached hydrogen (secondary N) is 1. The monoisotopic (exact) mass is 456 g/mol. The fraction of sp³-hybridized carbons (Fsp3) is 0.333. The highest BCUT2D eigenvalue weighted by Crippen LogP contribution is 2.48. The maximum atomic E-state index is 13.4. The van der Waals surface area contributed by atoms with Crippen molar-refractivity contribution in [2.45, 2.75) is 43.4 Å². The van der Waals surface area contributed by atoms with Gasteiger partial charge in [-0.05, 0) is 30.5 Å². The lowest BCUT2D eigenvalue weighted by Crippen LogP contribution is -2.39. The molecule has 0 radical (unpaired) electrons. The Balaban J connectivity index is 1.56. The molecule has 9 heteroatoms. The summed E-state index contributed by atoms with van der Waals surface area (Å²) in [4.78, 5) is 13.9.